The number of aromatic nitrogens is 2. The zero-order valence-electron chi connectivity index (χ0n) is 25.3. The molecule has 0 fully saturated rings. The van der Waals surface area contributed by atoms with Crippen molar-refractivity contribution in [1.82, 2.24) is 9.13 Å². The molecule has 0 amide bonds. The van der Waals surface area contributed by atoms with Crippen molar-refractivity contribution >= 4 is 60.3 Å². The topological polar surface area (TPSA) is 9.86 Å². The van der Waals surface area contributed by atoms with Crippen LogP contribution in [0.15, 0.2) is 152 Å². The van der Waals surface area contributed by atoms with Crippen molar-refractivity contribution in [3.05, 3.63) is 163 Å². The van der Waals surface area contributed by atoms with Gasteiger partial charge < -0.3 is 9.13 Å². The molecular formula is C44H30N2. The van der Waals surface area contributed by atoms with Gasteiger partial charge in [0, 0.05) is 43.9 Å². The van der Waals surface area contributed by atoms with Crippen LogP contribution in [-0.2, 0) is 6.42 Å². The van der Waals surface area contributed by atoms with Crippen LogP contribution in [0.2, 0.25) is 0 Å². The quantitative estimate of drug-likeness (QED) is 0.182. The molecule has 1 aliphatic rings. The molecule has 0 N–H and O–H groups in total. The fourth-order valence-electron chi connectivity index (χ4n) is 8.06. The number of allylic oxidation sites excluding steroid dienone is 1. The third kappa shape index (κ3) is 3.53. The van der Waals surface area contributed by atoms with E-state index in [1.54, 1.807) is 0 Å². The van der Waals surface area contributed by atoms with Crippen molar-refractivity contribution in [3.63, 3.8) is 0 Å². The maximum absolute atomic E-state index is 2.48. The molecule has 0 bridgehead atoms. The summed E-state index contributed by atoms with van der Waals surface area (Å²) in [5.74, 6) is 0. The summed E-state index contributed by atoms with van der Waals surface area (Å²) < 4.78 is 4.95. The lowest BCUT2D eigenvalue weighted by molar-refractivity contribution is 0.888. The number of hydrogen-bond acceptors (Lipinski definition) is 0. The lowest BCUT2D eigenvalue weighted by Crippen LogP contribution is -2.03. The number of para-hydroxylation sites is 3. The van der Waals surface area contributed by atoms with E-state index in [0.29, 0.717) is 0 Å². The Labute approximate surface area is 267 Å². The van der Waals surface area contributed by atoms with Crippen LogP contribution in [0, 0.1) is 0 Å². The van der Waals surface area contributed by atoms with Gasteiger partial charge in [-0.05, 0) is 65.1 Å². The lowest BCUT2D eigenvalue weighted by Gasteiger charge is -2.20. The molecule has 0 atom stereocenters. The number of benzene rings is 7. The van der Waals surface area contributed by atoms with Crippen LogP contribution in [0.4, 0.5) is 0 Å². The van der Waals surface area contributed by atoms with Gasteiger partial charge in [-0.25, -0.2) is 0 Å². The molecule has 10 rings (SSSR count). The normalized spacial score (nSPS) is 13.0. The molecule has 0 saturated heterocycles. The van der Waals surface area contributed by atoms with Crippen LogP contribution in [-0.4, -0.2) is 9.13 Å². The van der Waals surface area contributed by atoms with Gasteiger partial charge in [0.15, 0.2) is 0 Å². The predicted molar refractivity (Wildman–Crippen MR) is 195 cm³/mol. The second kappa shape index (κ2) is 9.82. The molecule has 46 heavy (non-hydrogen) atoms. The second-order valence-electron chi connectivity index (χ2n) is 12.4. The highest BCUT2D eigenvalue weighted by Crippen LogP contribution is 2.44. The third-order valence-corrected chi connectivity index (χ3v) is 9.97. The minimum absolute atomic E-state index is 1.06. The summed E-state index contributed by atoms with van der Waals surface area (Å²) >= 11 is 0. The molecule has 9 aromatic rings. The summed E-state index contributed by atoms with van der Waals surface area (Å²) in [5.41, 5.74) is 11.5. The molecule has 2 heteroatoms. The Balaban J connectivity index is 1.24. The summed E-state index contributed by atoms with van der Waals surface area (Å²) in [6, 6.07) is 53.6. The first kappa shape index (κ1) is 25.5. The van der Waals surface area contributed by atoms with Crippen molar-refractivity contribution in [2.75, 3.05) is 0 Å². The van der Waals surface area contributed by atoms with E-state index in [-0.39, 0.29) is 0 Å². The highest BCUT2D eigenvalue weighted by Gasteiger charge is 2.21. The average Bonchev–Trinajstić information content (AvgIpc) is 3.64. The molecule has 7 aromatic carbocycles. The van der Waals surface area contributed by atoms with E-state index in [1.165, 1.54) is 88.0 Å². The van der Waals surface area contributed by atoms with Crippen molar-refractivity contribution in [2.45, 2.75) is 12.8 Å². The Hall–Kier alpha value is -5.86. The minimum atomic E-state index is 1.06. The lowest BCUT2D eigenvalue weighted by atomic mass is 9.90. The van der Waals surface area contributed by atoms with Gasteiger partial charge in [-0.2, -0.15) is 0 Å². The maximum Gasteiger partial charge on any atom is 0.0619 e. The van der Waals surface area contributed by atoms with Crippen molar-refractivity contribution in [3.8, 4) is 22.5 Å². The summed E-state index contributed by atoms with van der Waals surface area (Å²) in [7, 11) is 0. The van der Waals surface area contributed by atoms with Crippen molar-refractivity contribution < 1.29 is 0 Å². The number of fused-ring (bicyclic) bond motifs is 8. The number of nitrogens with zero attached hydrogens (tertiary/aromatic N) is 2. The molecule has 0 aliphatic heterocycles. The molecule has 0 radical (unpaired) electrons. The van der Waals surface area contributed by atoms with Crippen LogP contribution in [0.3, 0.4) is 0 Å². The van der Waals surface area contributed by atoms with Crippen LogP contribution < -0.4 is 0 Å². The maximum atomic E-state index is 2.48. The van der Waals surface area contributed by atoms with Crippen molar-refractivity contribution in [2.24, 2.45) is 0 Å². The summed E-state index contributed by atoms with van der Waals surface area (Å²) in [6.45, 7) is 0. The van der Waals surface area contributed by atoms with Crippen LogP contribution in [0.5, 0.6) is 0 Å². The first-order valence-electron chi connectivity index (χ1n) is 16.2. The predicted octanol–water partition coefficient (Wildman–Crippen LogP) is 11.7. The van der Waals surface area contributed by atoms with E-state index >= 15 is 0 Å². The number of rotatable bonds is 3. The van der Waals surface area contributed by atoms with Gasteiger partial charge in [-0.15, -0.1) is 0 Å². The van der Waals surface area contributed by atoms with E-state index in [9.17, 15) is 0 Å². The highest BCUT2D eigenvalue weighted by molar-refractivity contribution is 6.20. The fraction of sp³-hybridized carbons (Fsp3) is 0.0455. The van der Waals surface area contributed by atoms with Crippen LogP contribution >= 0.6 is 0 Å². The molecule has 216 valence electrons. The van der Waals surface area contributed by atoms with E-state index in [4.69, 9.17) is 0 Å². The Morgan fingerprint density at radius 3 is 1.48 bits per heavy atom. The van der Waals surface area contributed by atoms with Crippen LogP contribution in [0.25, 0.3) is 82.8 Å². The van der Waals surface area contributed by atoms with Crippen LogP contribution in [0.1, 0.15) is 17.7 Å². The van der Waals surface area contributed by atoms with E-state index in [1.807, 2.05) is 0 Å². The molecule has 2 nitrogen and oxygen atoms in total. The first-order valence-corrected chi connectivity index (χ1v) is 16.2. The molecule has 0 unspecified atom stereocenters. The molecule has 1 aliphatic carbocycles. The molecular weight excluding hydrogens is 556 g/mol. The Morgan fingerprint density at radius 1 is 0.413 bits per heavy atom. The van der Waals surface area contributed by atoms with Crippen molar-refractivity contribution in [1.29, 1.82) is 0 Å². The van der Waals surface area contributed by atoms with E-state index in [2.05, 4.69) is 167 Å². The van der Waals surface area contributed by atoms with Gasteiger partial charge >= 0.3 is 0 Å². The first-order chi connectivity index (χ1) is 22.9. The van der Waals surface area contributed by atoms with Gasteiger partial charge in [0.25, 0.3) is 0 Å². The summed E-state index contributed by atoms with van der Waals surface area (Å²) in [4.78, 5) is 0. The standard InChI is InChI=1S/C44H30N2/c1-3-19-37-35(17-1)43(29-25-27-30(28-26-29)45-39-21-9-5-13-31(39)32-14-6-10-22-40(32)45)36-18-2-4-20-38(36)44(37)46-41-23-11-7-15-33(41)34-16-8-12-24-42(34)46/h1-9,11-21,23-28H,10,22H2. The van der Waals surface area contributed by atoms with Gasteiger partial charge in [0.05, 0.1) is 22.2 Å². The summed E-state index contributed by atoms with van der Waals surface area (Å²) in [6.07, 6.45) is 6.75. The second-order valence-corrected chi connectivity index (χ2v) is 12.4. The Morgan fingerprint density at radius 2 is 0.891 bits per heavy atom. The van der Waals surface area contributed by atoms with E-state index in [0.717, 1.165) is 12.8 Å². The van der Waals surface area contributed by atoms with E-state index < -0.39 is 0 Å². The highest BCUT2D eigenvalue weighted by atomic mass is 15.0. The van der Waals surface area contributed by atoms with Gasteiger partial charge in [-0.3, -0.25) is 0 Å². The molecule has 0 saturated carbocycles. The fourth-order valence-corrected chi connectivity index (χ4v) is 8.06. The largest absolute Gasteiger partial charge is 0.313 e. The zero-order valence-corrected chi connectivity index (χ0v) is 25.3. The van der Waals surface area contributed by atoms with Gasteiger partial charge in [0.1, 0.15) is 0 Å². The zero-order chi connectivity index (χ0) is 30.2. The molecule has 0 spiro atoms. The minimum Gasteiger partial charge on any atom is -0.313 e. The summed E-state index contributed by atoms with van der Waals surface area (Å²) in [5, 5.41) is 8.92. The molecule has 2 heterocycles. The monoisotopic (exact) mass is 586 g/mol. The smallest absolute Gasteiger partial charge is 0.0619 e. The third-order valence-electron chi connectivity index (χ3n) is 9.97. The van der Waals surface area contributed by atoms with Gasteiger partial charge in [0.2, 0.25) is 0 Å². The average molecular weight is 587 g/mol. The SMILES string of the molecule is C1=Cc2c(n(-c3ccc(-c4c5ccccc5c(-n5c6ccccc6c6ccccc65)c5ccccc45)cc3)c3ccccc23)CC1. The molecule has 2 aromatic heterocycles. The Bertz CT molecular complexity index is 2570. The Kier molecular flexibility index (Phi) is 5.44. The van der Waals surface area contributed by atoms with Gasteiger partial charge in [-0.1, -0.05) is 127 Å². The number of hydrogen-bond donors (Lipinski definition) is 0.